The molecule has 0 heterocycles. The molecule has 2 aromatic carbocycles. The molecule has 0 aliphatic rings. The van der Waals surface area contributed by atoms with Crippen LogP contribution in [-0.4, -0.2) is 6.29 Å². The van der Waals surface area contributed by atoms with E-state index in [2.05, 4.69) is 0 Å². The molecule has 0 unspecified atom stereocenters. The number of alkyl halides is 3. The van der Waals surface area contributed by atoms with Gasteiger partial charge >= 0.3 is 6.18 Å². The molecule has 0 aliphatic heterocycles. The minimum atomic E-state index is -4.69. The first-order chi connectivity index (χ1) is 9.81. The van der Waals surface area contributed by atoms with E-state index >= 15 is 0 Å². The third-order valence-corrected chi connectivity index (χ3v) is 2.77. The summed E-state index contributed by atoms with van der Waals surface area (Å²) in [7, 11) is 0. The SMILES string of the molecule is Cc1ccc(F)c(Oc2ccc(C=O)c(C(F)(F)F)c2)c1. The molecule has 0 aromatic heterocycles. The zero-order valence-corrected chi connectivity index (χ0v) is 10.9. The summed E-state index contributed by atoms with van der Waals surface area (Å²) in [6, 6.07) is 6.88. The van der Waals surface area contributed by atoms with Crippen molar-refractivity contribution in [2.45, 2.75) is 13.1 Å². The molecule has 21 heavy (non-hydrogen) atoms. The van der Waals surface area contributed by atoms with Gasteiger partial charge in [0.2, 0.25) is 0 Å². The first-order valence-electron chi connectivity index (χ1n) is 5.91. The number of hydrogen-bond acceptors (Lipinski definition) is 2. The summed E-state index contributed by atoms with van der Waals surface area (Å²) in [6.45, 7) is 1.70. The van der Waals surface area contributed by atoms with Gasteiger partial charge in [-0.3, -0.25) is 4.79 Å². The van der Waals surface area contributed by atoms with Crippen molar-refractivity contribution >= 4 is 6.29 Å². The summed E-state index contributed by atoms with van der Waals surface area (Å²) >= 11 is 0. The molecule has 6 heteroatoms. The quantitative estimate of drug-likeness (QED) is 0.603. The van der Waals surface area contributed by atoms with Crippen LogP contribution in [0, 0.1) is 12.7 Å². The monoisotopic (exact) mass is 298 g/mol. The van der Waals surface area contributed by atoms with E-state index < -0.39 is 23.1 Å². The van der Waals surface area contributed by atoms with Crippen molar-refractivity contribution in [1.29, 1.82) is 0 Å². The predicted octanol–water partition coefficient (Wildman–Crippen LogP) is 4.76. The van der Waals surface area contributed by atoms with Crippen molar-refractivity contribution in [2.24, 2.45) is 0 Å². The normalized spacial score (nSPS) is 11.3. The second kappa shape index (κ2) is 5.55. The van der Waals surface area contributed by atoms with Crippen molar-refractivity contribution in [3.8, 4) is 11.5 Å². The highest BCUT2D eigenvalue weighted by Crippen LogP contribution is 2.35. The number of halogens is 4. The molecule has 0 saturated carbocycles. The fourth-order valence-electron chi connectivity index (χ4n) is 1.76. The number of aryl methyl sites for hydroxylation is 1. The maximum atomic E-state index is 13.5. The van der Waals surface area contributed by atoms with Gasteiger partial charge in [-0.25, -0.2) is 4.39 Å². The molecule has 0 atom stereocenters. The Hall–Kier alpha value is -2.37. The predicted molar refractivity (Wildman–Crippen MR) is 68.0 cm³/mol. The summed E-state index contributed by atoms with van der Waals surface area (Å²) in [5, 5.41) is 0. The Morgan fingerprint density at radius 1 is 1.10 bits per heavy atom. The topological polar surface area (TPSA) is 26.3 Å². The molecular formula is C15H10F4O2. The van der Waals surface area contributed by atoms with Crippen LogP contribution in [0.25, 0.3) is 0 Å². The zero-order valence-electron chi connectivity index (χ0n) is 10.9. The standard InChI is InChI=1S/C15H10F4O2/c1-9-2-5-13(16)14(6-9)21-11-4-3-10(8-20)12(7-11)15(17,18)19/h2-8H,1H3. The van der Waals surface area contributed by atoms with E-state index in [4.69, 9.17) is 4.74 Å². The molecule has 2 nitrogen and oxygen atoms in total. The van der Waals surface area contributed by atoms with Gasteiger partial charge in [-0.05, 0) is 42.8 Å². The smallest absolute Gasteiger partial charge is 0.417 e. The van der Waals surface area contributed by atoms with Gasteiger partial charge in [0.1, 0.15) is 5.75 Å². The van der Waals surface area contributed by atoms with Crippen LogP contribution in [0.2, 0.25) is 0 Å². The number of ether oxygens (including phenoxy) is 1. The Labute approximate surface area is 118 Å². The highest BCUT2D eigenvalue weighted by Gasteiger charge is 2.33. The van der Waals surface area contributed by atoms with Gasteiger partial charge in [0, 0.05) is 5.56 Å². The Balaban J connectivity index is 2.42. The van der Waals surface area contributed by atoms with Crippen LogP contribution in [0.3, 0.4) is 0 Å². The lowest BCUT2D eigenvalue weighted by molar-refractivity contribution is -0.137. The Morgan fingerprint density at radius 3 is 2.43 bits per heavy atom. The Kier molecular flexibility index (Phi) is 3.97. The summed E-state index contributed by atoms with van der Waals surface area (Å²) in [4.78, 5) is 10.6. The number of carbonyl (C=O) groups excluding carboxylic acids is 1. The van der Waals surface area contributed by atoms with Gasteiger partial charge in [0.05, 0.1) is 5.56 Å². The van der Waals surface area contributed by atoms with Gasteiger partial charge in [-0.1, -0.05) is 6.07 Å². The number of rotatable bonds is 3. The molecule has 0 spiro atoms. The molecule has 0 fully saturated rings. The molecule has 0 aliphatic carbocycles. The number of aldehydes is 1. The Bertz CT molecular complexity index is 678. The fourth-order valence-corrected chi connectivity index (χ4v) is 1.76. The van der Waals surface area contributed by atoms with E-state index in [1.165, 1.54) is 18.2 Å². The largest absolute Gasteiger partial charge is 0.454 e. The molecule has 0 amide bonds. The maximum Gasteiger partial charge on any atom is 0.417 e. The molecular weight excluding hydrogens is 288 g/mol. The lowest BCUT2D eigenvalue weighted by Gasteiger charge is -2.12. The minimum Gasteiger partial charge on any atom is -0.454 e. The molecule has 0 radical (unpaired) electrons. The van der Waals surface area contributed by atoms with Crippen LogP contribution in [-0.2, 0) is 6.18 Å². The van der Waals surface area contributed by atoms with Crippen LogP contribution >= 0.6 is 0 Å². The first-order valence-corrected chi connectivity index (χ1v) is 5.91. The zero-order chi connectivity index (χ0) is 15.6. The Morgan fingerprint density at radius 2 is 1.81 bits per heavy atom. The highest BCUT2D eigenvalue weighted by atomic mass is 19.4. The van der Waals surface area contributed by atoms with E-state index in [-0.39, 0.29) is 17.8 Å². The second-order valence-corrected chi connectivity index (χ2v) is 4.40. The average molecular weight is 298 g/mol. The fraction of sp³-hybridized carbons (Fsp3) is 0.133. The van der Waals surface area contributed by atoms with Gasteiger partial charge in [0.15, 0.2) is 17.9 Å². The van der Waals surface area contributed by atoms with Crippen molar-refractivity contribution in [3.05, 3.63) is 58.9 Å². The second-order valence-electron chi connectivity index (χ2n) is 4.40. The molecule has 0 N–H and O–H groups in total. The molecule has 2 aromatic rings. The van der Waals surface area contributed by atoms with Crippen LogP contribution in [0.4, 0.5) is 17.6 Å². The van der Waals surface area contributed by atoms with Crippen molar-refractivity contribution < 1.29 is 27.1 Å². The third-order valence-electron chi connectivity index (χ3n) is 2.77. The maximum absolute atomic E-state index is 13.5. The molecule has 0 bridgehead atoms. The van der Waals surface area contributed by atoms with Crippen molar-refractivity contribution in [3.63, 3.8) is 0 Å². The van der Waals surface area contributed by atoms with Crippen LogP contribution in [0.15, 0.2) is 36.4 Å². The lowest BCUT2D eigenvalue weighted by atomic mass is 10.1. The average Bonchev–Trinajstić information content (AvgIpc) is 2.42. The number of hydrogen-bond donors (Lipinski definition) is 0. The molecule has 0 saturated heterocycles. The summed E-state index contributed by atoms with van der Waals surface area (Å²) < 4.78 is 57.1. The molecule has 2 rings (SSSR count). The van der Waals surface area contributed by atoms with Gasteiger partial charge in [-0.15, -0.1) is 0 Å². The first kappa shape index (κ1) is 15.0. The van der Waals surface area contributed by atoms with Gasteiger partial charge in [-0.2, -0.15) is 13.2 Å². The van der Waals surface area contributed by atoms with Crippen molar-refractivity contribution in [1.82, 2.24) is 0 Å². The third kappa shape index (κ3) is 3.39. The van der Waals surface area contributed by atoms with Crippen LogP contribution in [0.1, 0.15) is 21.5 Å². The summed E-state index contributed by atoms with van der Waals surface area (Å²) in [5.74, 6) is -1.06. The number of carbonyl (C=O) groups is 1. The van der Waals surface area contributed by atoms with Gasteiger partial charge < -0.3 is 4.74 Å². The van der Waals surface area contributed by atoms with E-state index in [0.717, 1.165) is 12.1 Å². The van der Waals surface area contributed by atoms with E-state index in [1.807, 2.05) is 0 Å². The minimum absolute atomic E-state index is 0.111. The van der Waals surface area contributed by atoms with Gasteiger partial charge in [0.25, 0.3) is 0 Å². The lowest BCUT2D eigenvalue weighted by Crippen LogP contribution is -2.09. The van der Waals surface area contributed by atoms with Crippen molar-refractivity contribution in [2.75, 3.05) is 0 Å². The van der Waals surface area contributed by atoms with E-state index in [0.29, 0.717) is 11.6 Å². The summed E-state index contributed by atoms with van der Waals surface area (Å²) in [6.07, 6.45) is -4.58. The molecule has 110 valence electrons. The highest BCUT2D eigenvalue weighted by molar-refractivity contribution is 5.78. The van der Waals surface area contributed by atoms with Crippen LogP contribution in [0.5, 0.6) is 11.5 Å². The number of benzene rings is 2. The van der Waals surface area contributed by atoms with Crippen LogP contribution < -0.4 is 4.74 Å². The summed E-state index contributed by atoms with van der Waals surface area (Å²) in [5.41, 5.74) is -0.922. The van der Waals surface area contributed by atoms with E-state index in [1.54, 1.807) is 6.92 Å². The van der Waals surface area contributed by atoms with E-state index in [9.17, 15) is 22.4 Å².